The highest BCUT2D eigenvalue weighted by Crippen LogP contribution is 2.35. The van der Waals surface area contributed by atoms with Crippen LogP contribution in [0.1, 0.15) is 32.7 Å². The van der Waals surface area contributed by atoms with Crippen molar-refractivity contribution in [2.45, 2.75) is 32.7 Å². The second-order valence-corrected chi connectivity index (χ2v) is 4.70. The Kier molecular flexibility index (Phi) is 4.27. The Morgan fingerprint density at radius 3 is 2.65 bits per heavy atom. The highest BCUT2D eigenvalue weighted by Gasteiger charge is 2.19. The number of nitrogens with zero attached hydrogens (tertiary/aromatic N) is 2. The Balaban J connectivity index is 2.54. The maximum absolute atomic E-state index is 14.1. The van der Waals surface area contributed by atoms with Crippen LogP contribution >= 0.6 is 0 Å². The maximum atomic E-state index is 14.1. The minimum atomic E-state index is -0.383. The summed E-state index contributed by atoms with van der Waals surface area (Å²) in [4.78, 5) is 0. The monoisotopic (exact) mass is 277 g/mol. The summed E-state index contributed by atoms with van der Waals surface area (Å²) in [5.74, 6) is 0.0531. The molecule has 0 saturated carbocycles. The van der Waals surface area contributed by atoms with Gasteiger partial charge in [0.2, 0.25) is 0 Å². The first kappa shape index (κ1) is 14.4. The Hall–Kier alpha value is -2.04. The molecule has 0 fully saturated rings. The molecule has 0 bridgehead atoms. The first-order valence-electron chi connectivity index (χ1n) is 6.79. The molecule has 0 unspecified atom stereocenters. The van der Waals surface area contributed by atoms with Crippen molar-refractivity contribution in [3.8, 4) is 17.0 Å². The van der Waals surface area contributed by atoms with Crippen molar-refractivity contribution in [1.29, 1.82) is 0 Å². The lowest BCUT2D eigenvalue weighted by molar-refractivity contribution is 0.412. The van der Waals surface area contributed by atoms with Crippen LogP contribution in [0.4, 0.5) is 10.1 Å². The highest BCUT2D eigenvalue weighted by molar-refractivity contribution is 5.77. The smallest absolute Gasteiger partial charge is 0.136 e. The number of ether oxygens (including phenoxy) is 1. The van der Waals surface area contributed by atoms with Crippen LogP contribution in [-0.2, 0) is 0 Å². The second-order valence-electron chi connectivity index (χ2n) is 4.70. The Bertz CT molecular complexity index is 591. The molecule has 2 rings (SSSR count). The number of nitrogens with two attached hydrogens (primary N) is 1. The molecule has 108 valence electrons. The summed E-state index contributed by atoms with van der Waals surface area (Å²) in [6.45, 7) is 4.19. The van der Waals surface area contributed by atoms with Crippen LogP contribution in [0, 0.1) is 5.82 Å². The first-order chi connectivity index (χ1) is 9.62. The van der Waals surface area contributed by atoms with E-state index in [1.54, 1.807) is 18.3 Å². The van der Waals surface area contributed by atoms with E-state index in [9.17, 15) is 4.39 Å². The zero-order valence-electron chi connectivity index (χ0n) is 12.1. The maximum Gasteiger partial charge on any atom is 0.136 e. The number of methoxy groups -OCH3 is 1. The number of rotatable bonds is 5. The number of nitrogen functional groups attached to an aromatic ring is 1. The van der Waals surface area contributed by atoms with E-state index in [2.05, 4.69) is 18.9 Å². The molecule has 0 radical (unpaired) electrons. The van der Waals surface area contributed by atoms with E-state index in [-0.39, 0.29) is 11.9 Å². The quantitative estimate of drug-likeness (QED) is 0.907. The van der Waals surface area contributed by atoms with Crippen molar-refractivity contribution in [3.63, 3.8) is 0 Å². The molecule has 0 aliphatic carbocycles. The van der Waals surface area contributed by atoms with Crippen molar-refractivity contribution in [3.05, 3.63) is 30.2 Å². The van der Waals surface area contributed by atoms with Gasteiger partial charge in [-0.1, -0.05) is 19.9 Å². The molecule has 0 saturated heterocycles. The number of aromatic nitrogens is 2. The van der Waals surface area contributed by atoms with Crippen LogP contribution in [0.25, 0.3) is 11.3 Å². The molecule has 2 aromatic rings. The summed E-state index contributed by atoms with van der Waals surface area (Å²) >= 11 is 0. The summed E-state index contributed by atoms with van der Waals surface area (Å²) in [6.07, 6.45) is 3.66. The van der Waals surface area contributed by atoms with E-state index < -0.39 is 0 Å². The van der Waals surface area contributed by atoms with Crippen LogP contribution in [0.5, 0.6) is 5.75 Å². The van der Waals surface area contributed by atoms with Crippen molar-refractivity contribution in [1.82, 2.24) is 9.78 Å². The third kappa shape index (κ3) is 2.48. The lowest BCUT2D eigenvalue weighted by Crippen LogP contribution is -2.07. The Morgan fingerprint density at radius 2 is 2.05 bits per heavy atom. The van der Waals surface area contributed by atoms with Gasteiger partial charge in [-0.3, -0.25) is 4.68 Å². The van der Waals surface area contributed by atoms with Gasteiger partial charge in [0.1, 0.15) is 17.3 Å². The van der Waals surface area contributed by atoms with Gasteiger partial charge in [0.05, 0.1) is 24.4 Å². The molecule has 5 heteroatoms. The first-order valence-corrected chi connectivity index (χ1v) is 6.79. The minimum Gasteiger partial charge on any atom is -0.496 e. The van der Waals surface area contributed by atoms with Gasteiger partial charge in [-0.25, -0.2) is 4.39 Å². The molecule has 20 heavy (non-hydrogen) atoms. The van der Waals surface area contributed by atoms with Crippen molar-refractivity contribution < 1.29 is 9.13 Å². The van der Waals surface area contributed by atoms with Gasteiger partial charge in [-0.15, -0.1) is 0 Å². The summed E-state index contributed by atoms with van der Waals surface area (Å²) in [5.41, 5.74) is 7.22. The van der Waals surface area contributed by atoms with Crippen LogP contribution < -0.4 is 10.5 Å². The van der Waals surface area contributed by atoms with Crippen molar-refractivity contribution >= 4 is 5.69 Å². The van der Waals surface area contributed by atoms with E-state index in [0.29, 0.717) is 22.7 Å². The fourth-order valence-corrected chi connectivity index (χ4v) is 2.35. The van der Waals surface area contributed by atoms with Gasteiger partial charge >= 0.3 is 0 Å². The number of anilines is 1. The average molecular weight is 277 g/mol. The third-order valence-electron chi connectivity index (χ3n) is 3.51. The molecule has 4 nitrogen and oxygen atoms in total. The van der Waals surface area contributed by atoms with Crippen LogP contribution in [0.2, 0.25) is 0 Å². The zero-order valence-corrected chi connectivity index (χ0v) is 12.1. The summed E-state index contributed by atoms with van der Waals surface area (Å²) < 4.78 is 21.1. The van der Waals surface area contributed by atoms with E-state index in [4.69, 9.17) is 10.5 Å². The Labute approximate surface area is 118 Å². The van der Waals surface area contributed by atoms with Gasteiger partial charge in [-0.05, 0) is 25.0 Å². The summed E-state index contributed by atoms with van der Waals surface area (Å²) in [5, 5.41) is 4.46. The Morgan fingerprint density at radius 1 is 1.35 bits per heavy atom. The molecular weight excluding hydrogens is 257 g/mol. The topological polar surface area (TPSA) is 53.1 Å². The standard InChI is InChI=1S/C15H20FN3O/c1-4-10(5-2)19-9-12(17)15(18-19)14-11(16)7-6-8-13(14)20-3/h6-10H,4-5,17H2,1-3H3. The van der Waals surface area contributed by atoms with Crippen LogP contribution in [-0.4, -0.2) is 16.9 Å². The van der Waals surface area contributed by atoms with Gasteiger partial charge < -0.3 is 10.5 Å². The molecule has 0 amide bonds. The van der Waals surface area contributed by atoms with E-state index >= 15 is 0 Å². The fraction of sp³-hybridized carbons (Fsp3) is 0.400. The fourth-order valence-electron chi connectivity index (χ4n) is 2.35. The molecule has 0 atom stereocenters. The molecular formula is C15H20FN3O. The summed E-state index contributed by atoms with van der Waals surface area (Å²) in [6, 6.07) is 4.96. The molecule has 1 heterocycles. The van der Waals surface area contributed by atoms with E-state index in [1.165, 1.54) is 13.2 Å². The lowest BCUT2D eigenvalue weighted by atomic mass is 10.1. The van der Waals surface area contributed by atoms with Gasteiger partial charge in [0.15, 0.2) is 0 Å². The molecule has 0 aliphatic rings. The van der Waals surface area contributed by atoms with Crippen molar-refractivity contribution in [2.75, 3.05) is 12.8 Å². The molecule has 0 aliphatic heterocycles. The minimum absolute atomic E-state index is 0.267. The average Bonchev–Trinajstić information content (AvgIpc) is 2.81. The highest BCUT2D eigenvalue weighted by atomic mass is 19.1. The predicted octanol–water partition coefficient (Wildman–Crippen LogP) is 3.64. The van der Waals surface area contributed by atoms with Gasteiger partial charge in [0, 0.05) is 6.20 Å². The zero-order chi connectivity index (χ0) is 14.7. The number of halogens is 1. The molecule has 2 N–H and O–H groups in total. The van der Waals surface area contributed by atoms with E-state index in [0.717, 1.165) is 12.8 Å². The molecule has 1 aromatic carbocycles. The number of hydrogen-bond donors (Lipinski definition) is 1. The van der Waals surface area contributed by atoms with Crippen LogP contribution in [0.3, 0.4) is 0 Å². The number of hydrogen-bond acceptors (Lipinski definition) is 3. The lowest BCUT2D eigenvalue weighted by Gasteiger charge is -2.12. The third-order valence-corrected chi connectivity index (χ3v) is 3.51. The molecule has 1 aromatic heterocycles. The largest absolute Gasteiger partial charge is 0.496 e. The van der Waals surface area contributed by atoms with Crippen molar-refractivity contribution in [2.24, 2.45) is 0 Å². The summed E-state index contributed by atoms with van der Waals surface area (Å²) in [7, 11) is 1.51. The van der Waals surface area contributed by atoms with Crippen LogP contribution in [0.15, 0.2) is 24.4 Å². The van der Waals surface area contributed by atoms with Gasteiger partial charge in [-0.2, -0.15) is 5.10 Å². The number of benzene rings is 1. The second kappa shape index (κ2) is 5.94. The molecule has 0 spiro atoms. The van der Waals surface area contributed by atoms with E-state index in [1.807, 2.05) is 4.68 Å². The van der Waals surface area contributed by atoms with Gasteiger partial charge in [0.25, 0.3) is 0 Å². The SMILES string of the molecule is CCC(CC)n1cc(N)c(-c2c(F)cccc2OC)n1. The predicted molar refractivity (Wildman–Crippen MR) is 78.2 cm³/mol. The normalized spacial score (nSPS) is 11.1.